The van der Waals surface area contributed by atoms with Gasteiger partial charge in [-0.05, 0) is 37.8 Å². The van der Waals surface area contributed by atoms with E-state index in [1.165, 1.54) is 6.42 Å². The molecule has 4 heteroatoms. The number of aromatic nitrogens is 1. The maximum absolute atomic E-state index is 12.8. The average molecular weight is 347 g/mol. The van der Waals surface area contributed by atoms with Crippen LogP contribution in [-0.2, 0) is 0 Å². The molecule has 0 saturated heterocycles. The molecular weight excluding hydrogens is 328 g/mol. The van der Waals surface area contributed by atoms with E-state index in [2.05, 4.69) is 20.9 Å². The van der Waals surface area contributed by atoms with Crippen molar-refractivity contribution in [2.24, 2.45) is 0 Å². The number of para-hydroxylation sites is 1. The Morgan fingerprint density at radius 3 is 2.76 bits per heavy atom. The van der Waals surface area contributed by atoms with Crippen LogP contribution < -0.4 is 0 Å². The van der Waals surface area contributed by atoms with Crippen molar-refractivity contribution in [3.8, 4) is 0 Å². The number of carbonyl (C=O) groups is 1. The van der Waals surface area contributed by atoms with Gasteiger partial charge in [-0.3, -0.25) is 4.79 Å². The molecule has 1 heterocycles. The van der Waals surface area contributed by atoms with Crippen molar-refractivity contribution >= 4 is 32.7 Å². The lowest BCUT2D eigenvalue weighted by Crippen LogP contribution is -2.45. The van der Waals surface area contributed by atoms with Crippen molar-refractivity contribution in [1.82, 2.24) is 9.88 Å². The molecule has 1 saturated carbocycles. The second kappa shape index (κ2) is 6.56. The molecule has 0 N–H and O–H groups in total. The highest BCUT2D eigenvalue weighted by Gasteiger charge is 2.29. The lowest BCUT2D eigenvalue weighted by Gasteiger charge is -2.37. The number of alkyl halides is 1. The smallest absolute Gasteiger partial charge is 0.272 e. The highest BCUT2D eigenvalue weighted by atomic mass is 79.9. The van der Waals surface area contributed by atoms with Crippen LogP contribution in [0, 0.1) is 0 Å². The first-order chi connectivity index (χ1) is 10.3. The fourth-order valence-electron chi connectivity index (χ4n) is 2.71. The fraction of sp³-hybridized carbons (Fsp3) is 0.412. The van der Waals surface area contributed by atoms with Crippen LogP contribution in [-0.4, -0.2) is 33.7 Å². The SMILES string of the molecule is O=C(c1ccc2ccccc2n1)N(CCCBr)C1CCC1. The lowest BCUT2D eigenvalue weighted by molar-refractivity contribution is 0.0575. The van der Waals surface area contributed by atoms with Gasteiger partial charge in [0.15, 0.2) is 0 Å². The number of rotatable bonds is 5. The Hall–Kier alpha value is -1.42. The van der Waals surface area contributed by atoms with Gasteiger partial charge in [0.05, 0.1) is 5.52 Å². The standard InChI is InChI=1S/C17H19BrN2O/c18-11-4-12-20(14-6-3-7-14)17(21)16-10-9-13-5-1-2-8-15(13)19-16/h1-2,5,8-10,14H,3-4,6-7,11-12H2. The zero-order valence-corrected chi connectivity index (χ0v) is 13.6. The van der Waals surface area contributed by atoms with Gasteiger partial charge in [-0.1, -0.05) is 40.2 Å². The first kappa shape index (κ1) is 14.5. The summed E-state index contributed by atoms with van der Waals surface area (Å²) < 4.78 is 0. The number of fused-ring (bicyclic) bond motifs is 1. The molecule has 0 spiro atoms. The van der Waals surface area contributed by atoms with Gasteiger partial charge in [-0.15, -0.1) is 0 Å². The molecule has 2 aromatic rings. The monoisotopic (exact) mass is 346 g/mol. The van der Waals surface area contributed by atoms with Crippen LogP contribution in [0.1, 0.15) is 36.2 Å². The largest absolute Gasteiger partial charge is 0.334 e. The molecule has 0 bridgehead atoms. The minimum absolute atomic E-state index is 0.0754. The van der Waals surface area contributed by atoms with Crippen molar-refractivity contribution in [1.29, 1.82) is 0 Å². The first-order valence-corrected chi connectivity index (χ1v) is 8.64. The Bertz CT molecular complexity index is 639. The molecule has 3 nitrogen and oxygen atoms in total. The van der Waals surface area contributed by atoms with Crippen LogP contribution in [0.2, 0.25) is 0 Å². The van der Waals surface area contributed by atoms with Crippen LogP contribution in [0.3, 0.4) is 0 Å². The van der Waals surface area contributed by atoms with E-state index in [0.717, 1.165) is 42.0 Å². The maximum Gasteiger partial charge on any atom is 0.272 e. The number of hydrogen-bond donors (Lipinski definition) is 0. The van der Waals surface area contributed by atoms with Crippen LogP contribution in [0.4, 0.5) is 0 Å². The van der Waals surface area contributed by atoms with E-state index >= 15 is 0 Å². The number of carbonyl (C=O) groups excluding carboxylic acids is 1. The Balaban J connectivity index is 1.85. The molecule has 110 valence electrons. The fourth-order valence-corrected chi connectivity index (χ4v) is 2.96. The van der Waals surface area contributed by atoms with Crippen LogP contribution in [0.15, 0.2) is 36.4 Å². The van der Waals surface area contributed by atoms with Crippen LogP contribution in [0.5, 0.6) is 0 Å². The van der Waals surface area contributed by atoms with E-state index in [-0.39, 0.29) is 5.91 Å². The molecule has 0 aliphatic heterocycles. The quantitative estimate of drug-likeness (QED) is 0.766. The predicted molar refractivity (Wildman–Crippen MR) is 88.8 cm³/mol. The summed E-state index contributed by atoms with van der Waals surface area (Å²) in [6.07, 6.45) is 4.47. The Morgan fingerprint density at radius 1 is 1.24 bits per heavy atom. The number of halogens is 1. The molecular formula is C17H19BrN2O. The summed E-state index contributed by atoms with van der Waals surface area (Å²) in [4.78, 5) is 19.3. The summed E-state index contributed by atoms with van der Waals surface area (Å²) in [5, 5.41) is 2.00. The van der Waals surface area contributed by atoms with E-state index in [9.17, 15) is 4.79 Å². The van der Waals surface area contributed by atoms with Gasteiger partial charge in [0.25, 0.3) is 5.91 Å². The minimum atomic E-state index is 0.0754. The summed E-state index contributed by atoms with van der Waals surface area (Å²) in [5.41, 5.74) is 1.45. The Morgan fingerprint density at radius 2 is 2.05 bits per heavy atom. The summed E-state index contributed by atoms with van der Waals surface area (Å²) in [6.45, 7) is 0.809. The summed E-state index contributed by atoms with van der Waals surface area (Å²) in [6, 6.07) is 12.2. The molecule has 1 fully saturated rings. The molecule has 3 rings (SSSR count). The lowest BCUT2D eigenvalue weighted by atomic mass is 9.91. The zero-order chi connectivity index (χ0) is 14.7. The molecule has 1 amide bonds. The molecule has 0 radical (unpaired) electrons. The molecule has 1 aliphatic rings. The second-order valence-electron chi connectivity index (χ2n) is 5.52. The van der Waals surface area contributed by atoms with E-state index in [1.54, 1.807) is 0 Å². The summed E-state index contributed by atoms with van der Waals surface area (Å²) >= 11 is 3.45. The number of hydrogen-bond acceptors (Lipinski definition) is 2. The van der Waals surface area contributed by atoms with Gasteiger partial charge in [0, 0.05) is 23.3 Å². The highest BCUT2D eigenvalue weighted by molar-refractivity contribution is 9.09. The van der Waals surface area contributed by atoms with E-state index in [0.29, 0.717) is 11.7 Å². The number of amides is 1. The number of benzene rings is 1. The van der Waals surface area contributed by atoms with E-state index < -0.39 is 0 Å². The van der Waals surface area contributed by atoms with Crippen molar-refractivity contribution in [2.45, 2.75) is 31.7 Å². The van der Waals surface area contributed by atoms with Crippen LogP contribution in [0.25, 0.3) is 10.9 Å². The van der Waals surface area contributed by atoms with Gasteiger partial charge in [-0.25, -0.2) is 4.98 Å². The van der Waals surface area contributed by atoms with E-state index in [4.69, 9.17) is 0 Å². The van der Waals surface area contributed by atoms with Crippen molar-refractivity contribution in [3.05, 3.63) is 42.1 Å². The number of nitrogens with zero attached hydrogens (tertiary/aromatic N) is 2. The average Bonchev–Trinajstić information content (AvgIpc) is 2.48. The third kappa shape index (κ3) is 3.10. The van der Waals surface area contributed by atoms with Gasteiger partial charge in [-0.2, -0.15) is 0 Å². The summed E-state index contributed by atoms with van der Waals surface area (Å²) in [5.74, 6) is 0.0754. The van der Waals surface area contributed by atoms with Crippen LogP contribution >= 0.6 is 15.9 Å². The first-order valence-electron chi connectivity index (χ1n) is 7.52. The molecule has 1 aromatic carbocycles. The third-order valence-electron chi connectivity index (χ3n) is 4.13. The molecule has 0 unspecified atom stereocenters. The molecule has 21 heavy (non-hydrogen) atoms. The van der Waals surface area contributed by atoms with E-state index in [1.807, 2.05) is 41.3 Å². The number of pyridine rings is 1. The highest BCUT2D eigenvalue weighted by Crippen LogP contribution is 2.26. The van der Waals surface area contributed by atoms with Gasteiger partial charge in [0.2, 0.25) is 0 Å². The van der Waals surface area contributed by atoms with Gasteiger partial charge >= 0.3 is 0 Å². The molecule has 1 aliphatic carbocycles. The summed E-state index contributed by atoms with van der Waals surface area (Å²) in [7, 11) is 0. The van der Waals surface area contributed by atoms with Crippen molar-refractivity contribution in [2.75, 3.05) is 11.9 Å². The van der Waals surface area contributed by atoms with Crippen molar-refractivity contribution < 1.29 is 4.79 Å². The predicted octanol–water partition coefficient (Wildman–Crippen LogP) is 4.01. The maximum atomic E-state index is 12.8. The van der Waals surface area contributed by atoms with Gasteiger partial charge < -0.3 is 4.90 Å². The zero-order valence-electron chi connectivity index (χ0n) is 12.0. The third-order valence-corrected chi connectivity index (χ3v) is 4.69. The van der Waals surface area contributed by atoms with Crippen molar-refractivity contribution in [3.63, 3.8) is 0 Å². The van der Waals surface area contributed by atoms with Gasteiger partial charge in [0.1, 0.15) is 5.69 Å². The second-order valence-corrected chi connectivity index (χ2v) is 6.31. The molecule has 1 aromatic heterocycles. The topological polar surface area (TPSA) is 33.2 Å². The Kier molecular flexibility index (Phi) is 4.54. The molecule has 0 atom stereocenters. The normalized spacial score (nSPS) is 14.9. The minimum Gasteiger partial charge on any atom is -0.334 e. The Labute approximate surface area is 133 Å².